The van der Waals surface area contributed by atoms with Crippen molar-refractivity contribution >= 4 is 16.9 Å². The third kappa shape index (κ3) is 2.11. The lowest BCUT2D eigenvalue weighted by atomic mass is 10.1. The molecule has 0 radical (unpaired) electrons. The smallest absolute Gasteiger partial charge is 0.375 e. The molecule has 100 valence electrons. The van der Waals surface area contributed by atoms with E-state index in [4.69, 9.17) is 4.74 Å². The lowest BCUT2D eigenvalue weighted by molar-refractivity contribution is 0.0512. The molecule has 20 heavy (non-hydrogen) atoms. The Hall–Kier alpha value is -2.76. The molecule has 0 bridgehead atoms. The Balaban J connectivity index is 2.06. The fourth-order valence-electron chi connectivity index (χ4n) is 1.96. The van der Waals surface area contributed by atoms with E-state index in [1.807, 2.05) is 30.3 Å². The van der Waals surface area contributed by atoms with E-state index in [1.54, 1.807) is 13.1 Å². The molecule has 6 nitrogen and oxygen atoms in total. The first kappa shape index (κ1) is 12.3. The summed E-state index contributed by atoms with van der Waals surface area (Å²) in [5, 5.41) is 7.65. The van der Waals surface area contributed by atoms with Gasteiger partial charge in [0.15, 0.2) is 5.82 Å². The van der Waals surface area contributed by atoms with Crippen molar-refractivity contribution in [3.05, 3.63) is 42.4 Å². The van der Waals surface area contributed by atoms with Gasteiger partial charge in [0.1, 0.15) is 0 Å². The zero-order chi connectivity index (χ0) is 13.9. The predicted octanol–water partition coefficient (Wildman–Crippen LogP) is 2.20. The molecule has 1 N–H and O–H groups in total. The number of hydrogen-bond donors (Lipinski definition) is 1. The number of para-hydroxylation sites is 1. The highest BCUT2D eigenvalue weighted by Crippen LogP contribution is 2.23. The van der Waals surface area contributed by atoms with Crippen LogP contribution in [0.2, 0.25) is 0 Å². The molecular weight excluding hydrogens is 256 g/mol. The van der Waals surface area contributed by atoms with Gasteiger partial charge in [-0.1, -0.05) is 18.2 Å². The molecule has 6 heteroatoms. The van der Waals surface area contributed by atoms with Crippen LogP contribution in [0.1, 0.15) is 17.5 Å². The van der Waals surface area contributed by atoms with Crippen LogP contribution in [-0.2, 0) is 4.74 Å². The van der Waals surface area contributed by atoms with Crippen LogP contribution in [0.25, 0.3) is 22.3 Å². The van der Waals surface area contributed by atoms with Crippen molar-refractivity contribution < 1.29 is 9.53 Å². The summed E-state index contributed by atoms with van der Waals surface area (Å²) < 4.78 is 4.88. The van der Waals surface area contributed by atoms with E-state index in [-0.39, 0.29) is 5.82 Å². The first-order valence-electron chi connectivity index (χ1n) is 6.23. The van der Waals surface area contributed by atoms with E-state index in [0.717, 1.165) is 16.5 Å². The Morgan fingerprint density at radius 3 is 3.00 bits per heavy atom. The number of aromatic nitrogens is 4. The summed E-state index contributed by atoms with van der Waals surface area (Å²) >= 11 is 0. The van der Waals surface area contributed by atoms with Crippen LogP contribution in [0.3, 0.4) is 0 Å². The van der Waals surface area contributed by atoms with E-state index in [1.165, 1.54) is 0 Å². The maximum Gasteiger partial charge on any atom is 0.375 e. The molecule has 0 amide bonds. The minimum Gasteiger partial charge on any atom is -0.460 e. The van der Waals surface area contributed by atoms with Crippen LogP contribution in [0.5, 0.6) is 0 Å². The molecule has 0 saturated heterocycles. The summed E-state index contributed by atoms with van der Waals surface area (Å²) in [5.74, 6) is 0.00610. The summed E-state index contributed by atoms with van der Waals surface area (Å²) in [6.07, 6.45) is 1.71. The maximum atomic E-state index is 11.6. The number of pyridine rings is 1. The van der Waals surface area contributed by atoms with Gasteiger partial charge < -0.3 is 4.74 Å². The Kier molecular flexibility index (Phi) is 3.12. The molecular formula is C14H12N4O2. The number of ether oxygens (including phenoxy) is 1. The van der Waals surface area contributed by atoms with Gasteiger partial charge in [-0.3, -0.25) is 10.1 Å². The van der Waals surface area contributed by atoms with E-state index in [9.17, 15) is 4.79 Å². The summed E-state index contributed by atoms with van der Waals surface area (Å²) in [6, 6.07) is 9.57. The van der Waals surface area contributed by atoms with Crippen LogP contribution >= 0.6 is 0 Å². The summed E-state index contributed by atoms with van der Waals surface area (Å²) in [6.45, 7) is 2.04. The highest BCUT2D eigenvalue weighted by atomic mass is 16.5. The van der Waals surface area contributed by atoms with E-state index in [2.05, 4.69) is 20.2 Å². The van der Waals surface area contributed by atoms with Gasteiger partial charge in [0.2, 0.25) is 5.82 Å². The highest BCUT2D eigenvalue weighted by molar-refractivity contribution is 5.92. The third-order valence-electron chi connectivity index (χ3n) is 2.83. The predicted molar refractivity (Wildman–Crippen MR) is 73.1 cm³/mol. The number of hydrogen-bond acceptors (Lipinski definition) is 5. The quantitative estimate of drug-likeness (QED) is 0.736. The van der Waals surface area contributed by atoms with Gasteiger partial charge in [0, 0.05) is 17.1 Å². The second kappa shape index (κ2) is 5.08. The largest absolute Gasteiger partial charge is 0.460 e. The number of esters is 1. The van der Waals surface area contributed by atoms with Crippen molar-refractivity contribution in [2.24, 2.45) is 0 Å². The van der Waals surface area contributed by atoms with E-state index < -0.39 is 5.97 Å². The molecule has 0 aliphatic rings. The molecule has 3 aromatic rings. The monoisotopic (exact) mass is 268 g/mol. The van der Waals surface area contributed by atoms with Crippen molar-refractivity contribution in [3.63, 3.8) is 0 Å². The standard InChI is InChI=1S/C14H12N4O2/c1-2-20-14(19)13-16-12(17-18-13)10-7-3-5-9-6-4-8-15-11(9)10/h3-8H,2H2,1H3,(H,16,17,18). The average Bonchev–Trinajstić information content (AvgIpc) is 2.97. The molecule has 0 aliphatic carbocycles. The van der Waals surface area contributed by atoms with Gasteiger partial charge in [0.25, 0.3) is 0 Å². The van der Waals surface area contributed by atoms with Crippen LogP contribution in [0, 0.1) is 0 Å². The van der Waals surface area contributed by atoms with Crippen molar-refractivity contribution in [2.45, 2.75) is 6.92 Å². The number of rotatable bonds is 3. The van der Waals surface area contributed by atoms with E-state index >= 15 is 0 Å². The molecule has 0 fully saturated rings. The highest BCUT2D eigenvalue weighted by Gasteiger charge is 2.15. The topological polar surface area (TPSA) is 80.8 Å². The first-order valence-corrected chi connectivity index (χ1v) is 6.23. The molecule has 1 aromatic carbocycles. The van der Waals surface area contributed by atoms with Crippen LogP contribution in [0.15, 0.2) is 36.5 Å². The Bertz CT molecular complexity index is 761. The fourth-order valence-corrected chi connectivity index (χ4v) is 1.96. The number of aromatic amines is 1. The number of fused-ring (bicyclic) bond motifs is 1. The number of carbonyl (C=O) groups excluding carboxylic acids is 1. The van der Waals surface area contributed by atoms with Gasteiger partial charge in [-0.25, -0.2) is 9.78 Å². The fraction of sp³-hybridized carbons (Fsp3) is 0.143. The number of carbonyl (C=O) groups is 1. The third-order valence-corrected chi connectivity index (χ3v) is 2.83. The summed E-state index contributed by atoms with van der Waals surface area (Å²) in [4.78, 5) is 20.1. The van der Waals surface area contributed by atoms with Crippen molar-refractivity contribution in [3.8, 4) is 11.4 Å². The van der Waals surface area contributed by atoms with Crippen molar-refractivity contribution in [1.82, 2.24) is 20.2 Å². The zero-order valence-electron chi connectivity index (χ0n) is 10.8. The second-order valence-corrected chi connectivity index (χ2v) is 4.11. The molecule has 0 atom stereocenters. The van der Waals surface area contributed by atoms with Gasteiger partial charge >= 0.3 is 5.97 Å². The van der Waals surface area contributed by atoms with Gasteiger partial charge in [-0.05, 0) is 19.1 Å². The second-order valence-electron chi connectivity index (χ2n) is 4.11. The van der Waals surface area contributed by atoms with Crippen molar-refractivity contribution in [2.75, 3.05) is 6.61 Å². The lowest BCUT2D eigenvalue weighted by Crippen LogP contribution is -2.06. The number of benzene rings is 1. The normalized spacial score (nSPS) is 10.7. The van der Waals surface area contributed by atoms with Crippen LogP contribution in [0.4, 0.5) is 0 Å². The molecule has 3 rings (SSSR count). The Morgan fingerprint density at radius 2 is 2.15 bits per heavy atom. The minimum absolute atomic E-state index is 0.0924. The Morgan fingerprint density at radius 1 is 1.30 bits per heavy atom. The molecule has 0 saturated carbocycles. The number of H-pyrrole nitrogens is 1. The average molecular weight is 268 g/mol. The number of nitrogens with one attached hydrogen (secondary N) is 1. The van der Waals surface area contributed by atoms with Gasteiger partial charge in [-0.15, -0.1) is 0 Å². The molecule has 0 aliphatic heterocycles. The lowest BCUT2D eigenvalue weighted by Gasteiger charge is -2.01. The van der Waals surface area contributed by atoms with E-state index in [0.29, 0.717) is 12.4 Å². The SMILES string of the molecule is CCOC(=O)c1nc(-c2cccc3cccnc23)n[nH]1. The molecule has 0 unspecified atom stereocenters. The molecule has 2 aromatic heterocycles. The molecule has 0 spiro atoms. The summed E-state index contributed by atoms with van der Waals surface area (Å²) in [7, 11) is 0. The van der Waals surface area contributed by atoms with Crippen LogP contribution < -0.4 is 0 Å². The summed E-state index contributed by atoms with van der Waals surface area (Å²) in [5.41, 5.74) is 1.57. The minimum atomic E-state index is -0.514. The molecule has 2 heterocycles. The number of nitrogens with zero attached hydrogens (tertiary/aromatic N) is 3. The van der Waals surface area contributed by atoms with Gasteiger partial charge in [-0.2, -0.15) is 5.10 Å². The maximum absolute atomic E-state index is 11.6. The zero-order valence-corrected chi connectivity index (χ0v) is 10.8. The van der Waals surface area contributed by atoms with Crippen LogP contribution in [-0.4, -0.2) is 32.7 Å². The Labute approximate surface area is 114 Å². The van der Waals surface area contributed by atoms with Gasteiger partial charge in [0.05, 0.1) is 12.1 Å². The van der Waals surface area contributed by atoms with Crippen molar-refractivity contribution in [1.29, 1.82) is 0 Å². The first-order chi connectivity index (χ1) is 9.79.